The Balaban J connectivity index is 1.81. The van der Waals surface area contributed by atoms with Crippen molar-refractivity contribution >= 4 is 5.82 Å². The molecule has 3 aromatic rings. The fourth-order valence-corrected chi connectivity index (χ4v) is 2.68. The van der Waals surface area contributed by atoms with Crippen molar-refractivity contribution in [2.75, 3.05) is 19.5 Å². The third kappa shape index (κ3) is 3.55. The van der Waals surface area contributed by atoms with Gasteiger partial charge in [0.2, 0.25) is 0 Å². The number of methoxy groups -OCH3 is 2. The highest BCUT2D eigenvalue weighted by Crippen LogP contribution is 2.31. The molecular formula is C18H21N5O2. The molecule has 0 radical (unpaired) electrons. The zero-order valence-electron chi connectivity index (χ0n) is 14.8. The topological polar surface area (TPSA) is 74.1 Å². The lowest BCUT2D eigenvalue weighted by atomic mass is 10.2. The van der Waals surface area contributed by atoms with Crippen molar-refractivity contribution in [2.24, 2.45) is 0 Å². The van der Waals surface area contributed by atoms with Gasteiger partial charge >= 0.3 is 0 Å². The molecule has 130 valence electrons. The summed E-state index contributed by atoms with van der Waals surface area (Å²) >= 11 is 0. The zero-order chi connectivity index (χ0) is 17.8. The highest BCUT2D eigenvalue weighted by Gasteiger charge is 2.10. The normalized spacial score (nSPS) is 10.6. The van der Waals surface area contributed by atoms with Crippen molar-refractivity contribution in [3.8, 4) is 17.3 Å². The number of benzene rings is 1. The van der Waals surface area contributed by atoms with Crippen molar-refractivity contribution < 1.29 is 9.47 Å². The Hall–Kier alpha value is -3.09. The molecule has 0 saturated heterocycles. The van der Waals surface area contributed by atoms with E-state index < -0.39 is 0 Å². The number of aryl methyl sites for hydroxylation is 2. The molecule has 0 aliphatic heterocycles. The quantitative estimate of drug-likeness (QED) is 0.744. The number of para-hydroxylation sites is 1. The van der Waals surface area contributed by atoms with Crippen molar-refractivity contribution in [3.05, 3.63) is 53.6 Å². The second-order valence-corrected chi connectivity index (χ2v) is 5.61. The molecule has 3 rings (SSSR count). The summed E-state index contributed by atoms with van der Waals surface area (Å²) in [5, 5.41) is 7.71. The molecule has 25 heavy (non-hydrogen) atoms. The van der Waals surface area contributed by atoms with Gasteiger partial charge in [-0.3, -0.25) is 4.98 Å². The van der Waals surface area contributed by atoms with Gasteiger partial charge in [-0.1, -0.05) is 12.1 Å². The van der Waals surface area contributed by atoms with E-state index in [0.717, 1.165) is 17.0 Å². The van der Waals surface area contributed by atoms with Gasteiger partial charge in [-0.15, -0.1) is 0 Å². The van der Waals surface area contributed by atoms with E-state index in [2.05, 4.69) is 20.4 Å². The van der Waals surface area contributed by atoms with Gasteiger partial charge in [-0.05, 0) is 26.0 Å². The first-order valence-electron chi connectivity index (χ1n) is 7.92. The summed E-state index contributed by atoms with van der Waals surface area (Å²) < 4.78 is 12.6. The molecule has 0 aliphatic rings. The summed E-state index contributed by atoms with van der Waals surface area (Å²) in [6, 6.07) is 7.78. The minimum atomic E-state index is 0.537. The summed E-state index contributed by atoms with van der Waals surface area (Å²) in [6.45, 7) is 4.48. The number of aromatic nitrogens is 4. The molecule has 0 aliphatic carbocycles. The average Bonchev–Trinajstić information content (AvgIpc) is 2.98. The Morgan fingerprint density at radius 2 is 1.96 bits per heavy atom. The monoisotopic (exact) mass is 339 g/mol. The van der Waals surface area contributed by atoms with Gasteiger partial charge in [0, 0.05) is 17.8 Å². The predicted molar refractivity (Wildman–Crippen MR) is 95.5 cm³/mol. The summed E-state index contributed by atoms with van der Waals surface area (Å²) in [7, 11) is 3.25. The Morgan fingerprint density at radius 3 is 2.64 bits per heavy atom. The van der Waals surface area contributed by atoms with E-state index >= 15 is 0 Å². The molecule has 2 heterocycles. The number of anilines is 1. The number of rotatable bonds is 6. The summed E-state index contributed by atoms with van der Waals surface area (Å²) in [5.41, 5.74) is 2.93. The van der Waals surface area contributed by atoms with Gasteiger partial charge in [0.25, 0.3) is 0 Å². The highest BCUT2D eigenvalue weighted by atomic mass is 16.5. The van der Waals surface area contributed by atoms with Crippen LogP contribution < -0.4 is 14.8 Å². The van der Waals surface area contributed by atoms with Crippen LogP contribution in [0.25, 0.3) is 5.82 Å². The minimum Gasteiger partial charge on any atom is -0.493 e. The molecule has 2 aromatic heterocycles. The predicted octanol–water partition coefficient (Wildman–Crippen LogP) is 2.91. The molecule has 1 aromatic carbocycles. The van der Waals surface area contributed by atoms with E-state index in [-0.39, 0.29) is 0 Å². The molecule has 7 heteroatoms. The van der Waals surface area contributed by atoms with Crippen LogP contribution in [0.4, 0.5) is 5.82 Å². The van der Waals surface area contributed by atoms with Crippen molar-refractivity contribution in [1.82, 2.24) is 19.7 Å². The van der Waals surface area contributed by atoms with E-state index in [1.807, 2.05) is 38.1 Å². The van der Waals surface area contributed by atoms with Crippen LogP contribution >= 0.6 is 0 Å². The van der Waals surface area contributed by atoms with E-state index in [1.54, 1.807) is 31.3 Å². The average molecular weight is 339 g/mol. The number of hydrogen-bond acceptors (Lipinski definition) is 6. The molecule has 7 nitrogen and oxygen atoms in total. The van der Waals surface area contributed by atoms with E-state index in [9.17, 15) is 0 Å². The van der Waals surface area contributed by atoms with Gasteiger partial charge < -0.3 is 14.8 Å². The Morgan fingerprint density at radius 1 is 1.12 bits per heavy atom. The van der Waals surface area contributed by atoms with Gasteiger partial charge in [0.05, 0.1) is 32.3 Å². The molecule has 0 atom stereocenters. The van der Waals surface area contributed by atoms with Crippen LogP contribution in [0.1, 0.15) is 17.0 Å². The summed E-state index contributed by atoms with van der Waals surface area (Å²) in [4.78, 5) is 8.84. The number of ether oxygens (including phenoxy) is 2. The Kier molecular flexibility index (Phi) is 4.83. The fourth-order valence-electron chi connectivity index (χ4n) is 2.68. The second-order valence-electron chi connectivity index (χ2n) is 5.61. The van der Waals surface area contributed by atoms with Crippen LogP contribution in [-0.4, -0.2) is 34.0 Å². The Bertz CT molecular complexity index is 876. The first-order valence-corrected chi connectivity index (χ1v) is 7.92. The maximum atomic E-state index is 5.45. The molecule has 0 saturated carbocycles. The van der Waals surface area contributed by atoms with Crippen LogP contribution in [-0.2, 0) is 6.54 Å². The molecule has 0 spiro atoms. The van der Waals surface area contributed by atoms with Gasteiger partial charge in [0.1, 0.15) is 5.82 Å². The van der Waals surface area contributed by atoms with Crippen LogP contribution in [0.15, 0.2) is 36.7 Å². The SMILES string of the molecule is COc1cccc(CNc2cncc(-n3nc(C)cc3C)n2)c1OC. The maximum absolute atomic E-state index is 5.45. The zero-order valence-corrected chi connectivity index (χ0v) is 14.8. The maximum Gasteiger partial charge on any atom is 0.174 e. The number of nitrogens with one attached hydrogen (secondary N) is 1. The van der Waals surface area contributed by atoms with E-state index in [1.165, 1.54) is 0 Å². The lowest BCUT2D eigenvalue weighted by Crippen LogP contribution is -2.08. The van der Waals surface area contributed by atoms with Crippen LogP contribution in [0.2, 0.25) is 0 Å². The van der Waals surface area contributed by atoms with Crippen LogP contribution in [0, 0.1) is 13.8 Å². The first kappa shape index (κ1) is 16.8. The molecule has 0 unspecified atom stereocenters. The molecular weight excluding hydrogens is 318 g/mol. The molecule has 0 fully saturated rings. The largest absolute Gasteiger partial charge is 0.493 e. The van der Waals surface area contributed by atoms with Crippen LogP contribution in [0.5, 0.6) is 11.5 Å². The van der Waals surface area contributed by atoms with Gasteiger partial charge in [0.15, 0.2) is 17.3 Å². The lowest BCUT2D eigenvalue weighted by Gasteiger charge is -2.13. The number of nitrogens with zero attached hydrogens (tertiary/aromatic N) is 4. The van der Waals surface area contributed by atoms with Crippen molar-refractivity contribution in [1.29, 1.82) is 0 Å². The highest BCUT2D eigenvalue weighted by molar-refractivity contribution is 5.48. The lowest BCUT2D eigenvalue weighted by molar-refractivity contribution is 0.352. The van der Waals surface area contributed by atoms with E-state index in [4.69, 9.17) is 9.47 Å². The summed E-state index contributed by atoms with van der Waals surface area (Å²) in [5.74, 6) is 2.74. The third-order valence-electron chi connectivity index (χ3n) is 3.79. The van der Waals surface area contributed by atoms with Gasteiger partial charge in [-0.2, -0.15) is 5.10 Å². The van der Waals surface area contributed by atoms with Crippen molar-refractivity contribution in [2.45, 2.75) is 20.4 Å². The molecule has 0 amide bonds. The Labute approximate surface area is 146 Å². The van der Waals surface area contributed by atoms with Crippen LogP contribution in [0.3, 0.4) is 0 Å². The molecule has 1 N–H and O–H groups in total. The van der Waals surface area contributed by atoms with E-state index in [0.29, 0.717) is 29.7 Å². The summed E-state index contributed by atoms with van der Waals surface area (Å²) in [6.07, 6.45) is 3.37. The fraction of sp³-hybridized carbons (Fsp3) is 0.278. The van der Waals surface area contributed by atoms with Crippen molar-refractivity contribution in [3.63, 3.8) is 0 Å². The second kappa shape index (κ2) is 7.21. The number of hydrogen-bond donors (Lipinski definition) is 1. The minimum absolute atomic E-state index is 0.537. The van der Waals surface area contributed by atoms with Gasteiger partial charge in [-0.25, -0.2) is 9.67 Å². The smallest absolute Gasteiger partial charge is 0.174 e. The third-order valence-corrected chi connectivity index (χ3v) is 3.79. The molecule has 0 bridgehead atoms. The first-order chi connectivity index (χ1) is 12.1. The standard InChI is InChI=1S/C18H21N5O2/c1-12-8-13(2)23(22-12)17-11-19-10-16(21-17)20-9-14-6-5-7-15(24-3)18(14)25-4/h5-8,10-11H,9H2,1-4H3,(H,20,21).